The first-order valence-electron chi connectivity index (χ1n) is 7.66. The van der Waals surface area contributed by atoms with E-state index < -0.39 is 0 Å². The maximum atomic E-state index is 9.23. The molecule has 0 radical (unpaired) electrons. The van der Waals surface area contributed by atoms with E-state index in [1.54, 1.807) is 0 Å². The lowest BCUT2D eigenvalue weighted by Gasteiger charge is -2.34. The molecule has 1 fully saturated rings. The van der Waals surface area contributed by atoms with Crippen LogP contribution < -0.4 is 10.2 Å². The van der Waals surface area contributed by atoms with Crippen LogP contribution in [0.5, 0.6) is 0 Å². The second kappa shape index (κ2) is 7.99. The molecule has 1 heterocycles. The zero-order chi connectivity index (χ0) is 15.2. The molecule has 0 aromatic heterocycles. The zero-order valence-electron chi connectivity index (χ0n) is 12.8. The van der Waals surface area contributed by atoms with Crippen LogP contribution in [0.25, 0.3) is 0 Å². The van der Waals surface area contributed by atoms with Crippen molar-refractivity contribution in [1.82, 2.24) is 5.32 Å². The lowest BCUT2D eigenvalue weighted by atomic mass is 10.1. The molecular weight excluding hydrogens is 288 g/mol. The Balaban J connectivity index is 2.08. The highest BCUT2D eigenvalue weighted by molar-refractivity contribution is 6.33. The topological polar surface area (TPSA) is 44.7 Å². The lowest BCUT2D eigenvalue weighted by molar-refractivity contribution is 0.00357. The van der Waals surface area contributed by atoms with E-state index in [4.69, 9.17) is 16.3 Å². The van der Waals surface area contributed by atoms with Crippen LogP contribution in [0.3, 0.4) is 0 Å². The summed E-state index contributed by atoms with van der Waals surface area (Å²) < 4.78 is 5.48. The van der Waals surface area contributed by atoms with Crippen LogP contribution >= 0.6 is 11.6 Å². The van der Waals surface area contributed by atoms with Gasteiger partial charge in [0.15, 0.2) is 0 Å². The molecule has 4 nitrogen and oxygen atoms in total. The third kappa shape index (κ3) is 4.33. The predicted molar refractivity (Wildman–Crippen MR) is 87.2 cm³/mol. The van der Waals surface area contributed by atoms with Crippen molar-refractivity contribution >= 4 is 17.3 Å². The van der Waals surface area contributed by atoms with Crippen LogP contribution in [-0.4, -0.2) is 44.1 Å². The maximum Gasteiger partial charge on any atom is 0.0980 e. The Kier molecular flexibility index (Phi) is 6.30. The molecule has 21 heavy (non-hydrogen) atoms. The van der Waals surface area contributed by atoms with Crippen LogP contribution in [0.2, 0.25) is 5.02 Å². The number of anilines is 1. The first kappa shape index (κ1) is 16.6. The van der Waals surface area contributed by atoms with Gasteiger partial charge in [-0.25, -0.2) is 0 Å². The van der Waals surface area contributed by atoms with Crippen LogP contribution in [0, 0.1) is 0 Å². The summed E-state index contributed by atoms with van der Waals surface area (Å²) in [7, 11) is 0. The summed E-state index contributed by atoms with van der Waals surface area (Å²) in [5.74, 6) is 0. The van der Waals surface area contributed by atoms with E-state index in [2.05, 4.69) is 36.2 Å². The highest BCUT2D eigenvalue weighted by Gasteiger charge is 2.21. The van der Waals surface area contributed by atoms with Crippen molar-refractivity contribution < 1.29 is 9.84 Å². The Morgan fingerprint density at radius 2 is 2.33 bits per heavy atom. The third-order valence-corrected chi connectivity index (χ3v) is 4.16. The molecule has 2 rings (SSSR count). The molecule has 0 aliphatic carbocycles. The monoisotopic (exact) mass is 312 g/mol. The normalized spacial score (nSPS) is 20.6. The molecule has 2 atom stereocenters. The van der Waals surface area contributed by atoms with E-state index in [1.807, 2.05) is 6.07 Å². The summed E-state index contributed by atoms with van der Waals surface area (Å²) in [6, 6.07) is 6.53. The van der Waals surface area contributed by atoms with Gasteiger partial charge in [-0.15, -0.1) is 0 Å². The number of morpholine rings is 1. The van der Waals surface area contributed by atoms with E-state index in [0.717, 1.165) is 30.2 Å². The molecular formula is C16H25ClN2O2. The number of hydrogen-bond donors (Lipinski definition) is 2. The standard InChI is InChI=1S/C16H25ClN2O2/c1-3-6-18-12(2)13-4-5-16(15(17)9-13)19-7-8-21-14(10-19)11-20/h4-5,9,12,14,18,20H,3,6-8,10-11H2,1-2H3. The Labute approximate surface area is 132 Å². The SMILES string of the molecule is CCCNC(C)c1ccc(N2CCOC(CO)C2)c(Cl)c1. The number of benzene rings is 1. The molecule has 1 aliphatic heterocycles. The van der Waals surface area contributed by atoms with E-state index in [1.165, 1.54) is 5.56 Å². The average molecular weight is 313 g/mol. The van der Waals surface area contributed by atoms with Gasteiger partial charge >= 0.3 is 0 Å². The molecule has 118 valence electrons. The molecule has 2 unspecified atom stereocenters. The molecule has 0 bridgehead atoms. The van der Waals surface area contributed by atoms with Gasteiger partial charge in [-0.3, -0.25) is 0 Å². The summed E-state index contributed by atoms with van der Waals surface area (Å²) in [6.45, 7) is 7.46. The number of rotatable bonds is 6. The quantitative estimate of drug-likeness (QED) is 0.847. The fourth-order valence-corrected chi connectivity index (χ4v) is 2.88. The van der Waals surface area contributed by atoms with Crippen LogP contribution in [0.15, 0.2) is 18.2 Å². The highest BCUT2D eigenvalue weighted by atomic mass is 35.5. The van der Waals surface area contributed by atoms with Gasteiger partial charge in [-0.1, -0.05) is 24.6 Å². The van der Waals surface area contributed by atoms with Crippen molar-refractivity contribution in [1.29, 1.82) is 0 Å². The number of aliphatic hydroxyl groups excluding tert-OH is 1. The summed E-state index contributed by atoms with van der Waals surface area (Å²) in [5.41, 5.74) is 2.22. The van der Waals surface area contributed by atoms with Crippen LogP contribution in [-0.2, 0) is 4.74 Å². The first-order valence-corrected chi connectivity index (χ1v) is 8.03. The number of nitrogens with one attached hydrogen (secondary N) is 1. The van der Waals surface area contributed by atoms with Crippen molar-refractivity contribution in [3.05, 3.63) is 28.8 Å². The van der Waals surface area contributed by atoms with Gasteiger partial charge in [-0.2, -0.15) is 0 Å². The van der Waals surface area contributed by atoms with Crippen molar-refractivity contribution in [3.63, 3.8) is 0 Å². The minimum absolute atomic E-state index is 0.0458. The molecule has 0 spiro atoms. The second-order valence-electron chi connectivity index (χ2n) is 5.51. The number of ether oxygens (including phenoxy) is 1. The predicted octanol–water partition coefficient (Wildman–Crippen LogP) is 2.60. The number of aliphatic hydroxyl groups is 1. The number of halogens is 1. The smallest absolute Gasteiger partial charge is 0.0980 e. The average Bonchev–Trinajstić information content (AvgIpc) is 2.52. The van der Waals surface area contributed by atoms with Gasteiger partial charge in [0.25, 0.3) is 0 Å². The number of nitrogens with zero attached hydrogens (tertiary/aromatic N) is 1. The fourth-order valence-electron chi connectivity index (χ4n) is 2.58. The van der Waals surface area contributed by atoms with Crippen molar-refractivity contribution in [2.45, 2.75) is 32.4 Å². The fraction of sp³-hybridized carbons (Fsp3) is 0.625. The zero-order valence-corrected chi connectivity index (χ0v) is 13.6. The Hall–Kier alpha value is -0.810. The Morgan fingerprint density at radius 3 is 3.00 bits per heavy atom. The van der Waals surface area contributed by atoms with Gasteiger partial charge < -0.3 is 20.1 Å². The highest BCUT2D eigenvalue weighted by Crippen LogP contribution is 2.30. The van der Waals surface area contributed by atoms with E-state index in [0.29, 0.717) is 19.2 Å². The molecule has 2 N–H and O–H groups in total. The van der Waals surface area contributed by atoms with Crippen LogP contribution in [0.1, 0.15) is 31.9 Å². The minimum atomic E-state index is -0.125. The lowest BCUT2D eigenvalue weighted by Crippen LogP contribution is -2.44. The minimum Gasteiger partial charge on any atom is -0.394 e. The molecule has 1 saturated heterocycles. The molecule has 1 aromatic rings. The van der Waals surface area contributed by atoms with Gasteiger partial charge in [0.1, 0.15) is 0 Å². The Bertz CT molecular complexity index is 456. The van der Waals surface area contributed by atoms with Gasteiger partial charge in [0.05, 0.1) is 30.0 Å². The second-order valence-corrected chi connectivity index (χ2v) is 5.92. The van der Waals surface area contributed by atoms with Crippen molar-refractivity contribution in [2.75, 3.05) is 37.7 Å². The largest absolute Gasteiger partial charge is 0.394 e. The van der Waals surface area contributed by atoms with Gasteiger partial charge in [-0.05, 0) is 37.6 Å². The van der Waals surface area contributed by atoms with E-state index >= 15 is 0 Å². The maximum absolute atomic E-state index is 9.23. The summed E-state index contributed by atoms with van der Waals surface area (Å²) in [4.78, 5) is 2.18. The molecule has 0 amide bonds. The van der Waals surface area contributed by atoms with Crippen molar-refractivity contribution in [3.8, 4) is 0 Å². The summed E-state index contributed by atoms with van der Waals surface area (Å²) in [5, 5.41) is 13.5. The Morgan fingerprint density at radius 1 is 1.52 bits per heavy atom. The van der Waals surface area contributed by atoms with Gasteiger partial charge in [0, 0.05) is 19.1 Å². The first-order chi connectivity index (χ1) is 10.2. The summed E-state index contributed by atoms with van der Waals surface area (Å²) >= 11 is 6.46. The molecule has 1 aromatic carbocycles. The molecule has 5 heteroatoms. The van der Waals surface area contributed by atoms with Crippen molar-refractivity contribution in [2.24, 2.45) is 0 Å². The van der Waals surface area contributed by atoms with E-state index in [9.17, 15) is 5.11 Å². The number of hydrogen-bond acceptors (Lipinski definition) is 4. The molecule has 0 saturated carbocycles. The van der Waals surface area contributed by atoms with Gasteiger partial charge in [0.2, 0.25) is 0 Å². The van der Waals surface area contributed by atoms with E-state index in [-0.39, 0.29) is 12.7 Å². The molecule has 1 aliphatic rings. The summed E-state index contributed by atoms with van der Waals surface area (Å²) in [6.07, 6.45) is 0.992. The van der Waals surface area contributed by atoms with Crippen LogP contribution in [0.4, 0.5) is 5.69 Å². The third-order valence-electron chi connectivity index (χ3n) is 3.86.